The van der Waals surface area contributed by atoms with E-state index in [-0.39, 0.29) is 6.42 Å². The highest BCUT2D eigenvalue weighted by molar-refractivity contribution is 6.98. The first-order valence-electron chi connectivity index (χ1n) is 4.94. The molecule has 0 saturated heterocycles. The Morgan fingerprint density at radius 3 is 1.21 bits per heavy atom. The van der Waals surface area contributed by atoms with Crippen molar-refractivity contribution in [3.63, 3.8) is 0 Å². The molecular formula is C11H8O8. The maximum absolute atomic E-state index is 11.1. The average Bonchev–Trinajstić information content (AvgIpc) is 2.40. The lowest BCUT2D eigenvalue weighted by Gasteiger charge is -1.96. The number of carbonyl (C=O) groups excluding carboxylic acids is 8. The summed E-state index contributed by atoms with van der Waals surface area (Å²) in [5.74, 6) is -14.3. The second kappa shape index (κ2) is 6.34. The monoisotopic (exact) mass is 268 g/mol. The molecule has 0 radical (unpaired) electrons. The van der Waals surface area contributed by atoms with E-state index in [1.807, 2.05) is 0 Å². The number of carbonyl (C=O) groups is 8. The summed E-state index contributed by atoms with van der Waals surface area (Å²) in [7, 11) is 0. The van der Waals surface area contributed by atoms with Crippen molar-refractivity contribution < 1.29 is 38.4 Å². The van der Waals surface area contributed by atoms with E-state index in [1.165, 1.54) is 6.92 Å². The molecule has 19 heavy (non-hydrogen) atoms. The highest BCUT2D eigenvalue weighted by atomic mass is 16.2. The lowest BCUT2D eigenvalue weighted by molar-refractivity contribution is -0.154. The zero-order valence-corrected chi connectivity index (χ0v) is 9.97. The molecule has 0 aliphatic carbocycles. The van der Waals surface area contributed by atoms with Crippen molar-refractivity contribution in [2.24, 2.45) is 0 Å². The third-order valence-corrected chi connectivity index (χ3v) is 1.93. The van der Waals surface area contributed by atoms with Gasteiger partial charge in [-0.25, -0.2) is 0 Å². The van der Waals surface area contributed by atoms with Gasteiger partial charge in [-0.3, -0.25) is 38.4 Å². The van der Waals surface area contributed by atoms with Gasteiger partial charge in [0.05, 0.1) is 0 Å². The smallest absolute Gasteiger partial charge is 0.281 e. The van der Waals surface area contributed by atoms with Crippen LogP contribution in [0.15, 0.2) is 0 Å². The van der Waals surface area contributed by atoms with Crippen molar-refractivity contribution in [3.05, 3.63) is 0 Å². The second-order valence-corrected chi connectivity index (χ2v) is 3.31. The predicted octanol–water partition coefficient (Wildman–Crippen LogP) is -2.03. The van der Waals surface area contributed by atoms with Crippen LogP contribution < -0.4 is 0 Å². The Bertz CT molecular complexity index is 537. The fourth-order valence-electron chi connectivity index (χ4n) is 0.860. The Morgan fingerprint density at radius 1 is 0.579 bits per heavy atom. The Balaban J connectivity index is 5.09. The van der Waals surface area contributed by atoms with E-state index in [0.29, 0.717) is 6.92 Å². The first kappa shape index (κ1) is 16.4. The number of hydrogen-bond acceptors (Lipinski definition) is 8. The number of rotatable bonds is 8. The Labute approximate surface area is 106 Å². The van der Waals surface area contributed by atoms with Gasteiger partial charge >= 0.3 is 0 Å². The molecule has 8 heteroatoms. The summed E-state index contributed by atoms with van der Waals surface area (Å²) in [5.41, 5.74) is 0. The van der Waals surface area contributed by atoms with Crippen LogP contribution in [0, 0.1) is 0 Å². The molecule has 0 aliphatic rings. The highest BCUT2D eigenvalue weighted by Gasteiger charge is 2.38. The summed E-state index contributed by atoms with van der Waals surface area (Å²) in [6, 6.07) is 0. The molecule has 0 heterocycles. The first-order chi connectivity index (χ1) is 8.64. The Kier molecular flexibility index (Phi) is 5.45. The summed E-state index contributed by atoms with van der Waals surface area (Å²) in [6.45, 7) is 1.93. The quantitative estimate of drug-likeness (QED) is 0.363. The molecule has 100 valence electrons. The lowest BCUT2D eigenvalue weighted by Crippen LogP contribution is -2.41. The number of Topliss-reactive ketones (excluding diaryl/α,β-unsaturated/α-hetero) is 8. The maximum atomic E-state index is 11.1. The first-order valence-corrected chi connectivity index (χ1v) is 4.94. The molecule has 0 rings (SSSR count). The number of hydrogen-bond donors (Lipinski definition) is 0. The molecule has 0 spiro atoms. The van der Waals surface area contributed by atoms with Gasteiger partial charge in [-0.05, 0) is 0 Å². The molecule has 0 amide bonds. The molecule has 0 N–H and O–H groups in total. The molecule has 0 saturated carbocycles. The van der Waals surface area contributed by atoms with Crippen molar-refractivity contribution >= 4 is 46.3 Å². The van der Waals surface area contributed by atoms with Crippen molar-refractivity contribution in [2.75, 3.05) is 0 Å². The summed E-state index contributed by atoms with van der Waals surface area (Å²) >= 11 is 0. The zero-order valence-electron chi connectivity index (χ0n) is 9.97. The molecule has 0 aromatic rings. The standard InChI is InChI=1S/C11H8O8/c1-3-5(13)7(15)9(17)11(19)10(18)8(16)6(14)4(2)12/h3H2,1-2H3. The van der Waals surface area contributed by atoms with Gasteiger partial charge in [0, 0.05) is 13.3 Å². The lowest BCUT2D eigenvalue weighted by atomic mass is 10.0. The molecule has 0 atom stereocenters. The Morgan fingerprint density at radius 2 is 0.895 bits per heavy atom. The van der Waals surface area contributed by atoms with E-state index < -0.39 is 46.3 Å². The van der Waals surface area contributed by atoms with Crippen LogP contribution in [0.4, 0.5) is 0 Å². The minimum atomic E-state index is -2.11. The van der Waals surface area contributed by atoms with E-state index in [9.17, 15) is 38.4 Å². The highest BCUT2D eigenvalue weighted by Crippen LogP contribution is 1.92. The topological polar surface area (TPSA) is 137 Å². The van der Waals surface area contributed by atoms with Crippen LogP contribution in [0.2, 0.25) is 0 Å². The minimum Gasteiger partial charge on any atom is -0.291 e. The largest absolute Gasteiger partial charge is 0.291 e. The van der Waals surface area contributed by atoms with Gasteiger partial charge in [-0.1, -0.05) is 6.92 Å². The van der Waals surface area contributed by atoms with Crippen molar-refractivity contribution in [2.45, 2.75) is 20.3 Å². The molecule has 0 aromatic heterocycles. The third-order valence-electron chi connectivity index (χ3n) is 1.93. The summed E-state index contributed by atoms with van der Waals surface area (Å²) in [6.07, 6.45) is -0.369. The van der Waals surface area contributed by atoms with Gasteiger partial charge in [0.1, 0.15) is 0 Å². The van der Waals surface area contributed by atoms with Gasteiger partial charge in [-0.2, -0.15) is 0 Å². The summed E-state index contributed by atoms with van der Waals surface area (Å²) in [4.78, 5) is 87.5. The van der Waals surface area contributed by atoms with Gasteiger partial charge < -0.3 is 0 Å². The van der Waals surface area contributed by atoms with Crippen LogP contribution in [0.3, 0.4) is 0 Å². The van der Waals surface area contributed by atoms with E-state index in [1.54, 1.807) is 0 Å². The van der Waals surface area contributed by atoms with Crippen LogP contribution in [-0.4, -0.2) is 46.3 Å². The molecule has 8 nitrogen and oxygen atoms in total. The maximum Gasteiger partial charge on any atom is 0.281 e. The third kappa shape index (κ3) is 3.66. The average molecular weight is 268 g/mol. The second-order valence-electron chi connectivity index (χ2n) is 3.31. The van der Waals surface area contributed by atoms with Crippen molar-refractivity contribution in [1.82, 2.24) is 0 Å². The summed E-state index contributed by atoms with van der Waals surface area (Å²) in [5, 5.41) is 0. The van der Waals surface area contributed by atoms with E-state index in [0.717, 1.165) is 0 Å². The van der Waals surface area contributed by atoms with Crippen LogP contribution in [-0.2, 0) is 38.4 Å². The van der Waals surface area contributed by atoms with E-state index in [2.05, 4.69) is 0 Å². The molecule has 0 aliphatic heterocycles. The molecule has 0 aromatic carbocycles. The van der Waals surface area contributed by atoms with Crippen molar-refractivity contribution in [1.29, 1.82) is 0 Å². The van der Waals surface area contributed by atoms with E-state index in [4.69, 9.17) is 0 Å². The van der Waals surface area contributed by atoms with Gasteiger partial charge in [-0.15, -0.1) is 0 Å². The van der Waals surface area contributed by atoms with Crippen LogP contribution in [0.1, 0.15) is 20.3 Å². The molecular weight excluding hydrogens is 260 g/mol. The van der Waals surface area contributed by atoms with Crippen LogP contribution in [0.5, 0.6) is 0 Å². The fourth-order valence-corrected chi connectivity index (χ4v) is 0.860. The van der Waals surface area contributed by atoms with Crippen LogP contribution in [0.25, 0.3) is 0 Å². The van der Waals surface area contributed by atoms with E-state index >= 15 is 0 Å². The van der Waals surface area contributed by atoms with Crippen LogP contribution >= 0.6 is 0 Å². The van der Waals surface area contributed by atoms with Crippen molar-refractivity contribution in [3.8, 4) is 0 Å². The van der Waals surface area contributed by atoms with Gasteiger partial charge in [0.15, 0.2) is 0 Å². The number of ketones is 8. The SMILES string of the molecule is CCC(=O)C(=O)C(=O)C(=O)C(=O)C(=O)C(=O)C(C)=O. The van der Waals surface area contributed by atoms with Gasteiger partial charge in [0.2, 0.25) is 11.6 Å². The normalized spacial score (nSPS) is 9.37. The molecule has 0 unspecified atom stereocenters. The predicted molar refractivity (Wildman–Crippen MR) is 56.0 cm³/mol. The fraction of sp³-hybridized carbons (Fsp3) is 0.273. The van der Waals surface area contributed by atoms with Gasteiger partial charge in [0.25, 0.3) is 34.7 Å². The molecule has 0 bridgehead atoms. The Hall–Kier alpha value is -2.64. The minimum absolute atomic E-state index is 0.369. The summed E-state index contributed by atoms with van der Waals surface area (Å²) < 4.78 is 0. The zero-order chi connectivity index (χ0) is 15.3. The molecule has 0 fully saturated rings.